The van der Waals surface area contributed by atoms with Crippen LogP contribution in [0.15, 0.2) is 133 Å². The molecule has 0 bridgehead atoms. The van der Waals surface area contributed by atoms with Gasteiger partial charge in [-0.2, -0.15) is 0 Å². The number of nitro benzene ring substituents is 1. The summed E-state index contributed by atoms with van der Waals surface area (Å²) in [4.78, 5) is 26.7. The first-order chi connectivity index (χ1) is 21.5. The molecule has 0 saturated carbocycles. The number of hydrogen-bond donors (Lipinski definition) is 0. The summed E-state index contributed by atoms with van der Waals surface area (Å²) in [5.41, 5.74) is 4.35. The van der Waals surface area contributed by atoms with Crippen molar-refractivity contribution in [1.82, 2.24) is 4.90 Å². The van der Waals surface area contributed by atoms with Gasteiger partial charge in [0.1, 0.15) is 6.61 Å². The Morgan fingerprint density at radius 1 is 0.750 bits per heavy atom. The van der Waals surface area contributed by atoms with E-state index < -0.39 is 4.92 Å². The molecule has 0 aliphatic heterocycles. The molecule has 0 aromatic heterocycles. The maximum Gasteiger partial charge on any atom is 0.270 e. The second-order valence-electron chi connectivity index (χ2n) is 10.5. The summed E-state index contributed by atoms with van der Waals surface area (Å²) < 4.78 is 11.7. The van der Waals surface area contributed by atoms with Gasteiger partial charge in [-0.3, -0.25) is 14.9 Å². The number of methoxy groups -OCH3 is 1. The molecule has 0 aliphatic rings. The molecule has 0 saturated heterocycles. The molecule has 5 aromatic rings. The molecule has 5 aromatic carbocycles. The predicted molar refractivity (Wildman–Crippen MR) is 171 cm³/mol. The Kier molecular flexibility index (Phi) is 10.0. The van der Waals surface area contributed by atoms with Crippen LogP contribution in [0.1, 0.15) is 45.0 Å². The van der Waals surface area contributed by atoms with Crippen molar-refractivity contribution < 1.29 is 19.2 Å². The van der Waals surface area contributed by atoms with E-state index in [-0.39, 0.29) is 29.6 Å². The highest BCUT2D eigenvalue weighted by molar-refractivity contribution is 5.94. The number of rotatable bonds is 13. The Morgan fingerprint density at radius 2 is 1.39 bits per heavy atom. The third kappa shape index (κ3) is 7.69. The van der Waals surface area contributed by atoms with Gasteiger partial charge >= 0.3 is 0 Å². The first-order valence-corrected chi connectivity index (χ1v) is 14.5. The van der Waals surface area contributed by atoms with Gasteiger partial charge in [0.2, 0.25) is 0 Å². The van der Waals surface area contributed by atoms with Crippen molar-refractivity contribution in [3.8, 4) is 11.5 Å². The van der Waals surface area contributed by atoms with Gasteiger partial charge in [0.05, 0.1) is 12.0 Å². The second-order valence-corrected chi connectivity index (χ2v) is 10.5. The van der Waals surface area contributed by atoms with E-state index in [0.717, 1.165) is 22.3 Å². The standard InChI is InChI=1S/C37H34N2O5/c1-43-36-24-29(20-21-35(36)44-27-28-12-5-2-6-13-28)26-38(37(40)32-18-11-19-33(25-32)39(41)42)23-22-34(30-14-7-3-8-15-30)31-16-9-4-10-17-31/h2-21,24-25,34H,22-23,26-27H2,1H3. The predicted octanol–water partition coefficient (Wildman–Crippen LogP) is 8.05. The minimum Gasteiger partial charge on any atom is -0.493 e. The fourth-order valence-corrected chi connectivity index (χ4v) is 5.25. The molecule has 7 heteroatoms. The average molecular weight is 587 g/mol. The number of nitro groups is 1. The Hall–Kier alpha value is -5.43. The quantitative estimate of drug-likeness (QED) is 0.103. The number of non-ortho nitro benzene ring substituents is 1. The highest BCUT2D eigenvalue weighted by Crippen LogP contribution is 2.31. The van der Waals surface area contributed by atoms with Crippen LogP contribution in [0.4, 0.5) is 5.69 Å². The second kappa shape index (κ2) is 14.6. The lowest BCUT2D eigenvalue weighted by Gasteiger charge is -2.27. The molecule has 0 atom stereocenters. The first kappa shape index (κ1) is 30.0. The molecule has 0 radical (unpaired) electrons. The Bertz CT molecular complexity index is 1640. The lowest BCUT2D eigenvalue weighted by Crippen LogP contribution is -2.32. The van der Waals surface area contributed by atoms with Crippen LogP contribution in [0.3, 0.4) is 0 Å². The zero-order valence-electron chi connectivity index (χ0n) is 24.5. The van der Waals surface area contributed by atoms with Crippen LogP contribution in [-0.2, 0) is 13.2 Å². The zero-order chi connectivity index (χ0) is 30.7. The monoisotopic (exact) mass is 586 g/mol. The number of nitrogens with zero attached hydrogens (tertiary/aromatic N) is 2. The highest BCUT2D eigenvalue weighted by atomic mass is 16.6. The van der Waals surface area contributed by atoms with Crippen molar-refractivity contribution in [2.45, 2.75) is 25.5 Å². The third-order valence-corrected chi connectivity index (χ3v) is 7.52. The summed E-state index contributed by atoms with van der Waals surface area (Å²) in [6.07, 6.45) is 0.657. The molecule has 0 heterocycles. The maximum absolute atomic E-state index is 13.9. The van der Waals surface area contributed by atoms with Gasteiger partial charge in [0, 0.05) is 36.7 Å². The van der Waals surface area contributed by atoms with Crippen LogP contribution in [0.25, 0.3) is 0 Å². The van der Waals surface area contributed by atoms with Crippen molar-refractivity contribution in [3.05, 3.63) is 171 Å². The Labute approximate surface area is 257 Å². The number of carbonyl (C=O) groups is 1. The molecule has 1 amide bonds. The van der Waals surface area contributed by atoms with E-state index in [1.165, 1.54) is 12.1 Å². The van der Waals surface area contributed by atoms with Gasteiger partial charge < -0.3 is 14.4 Å². The molecule has 222 valence electrons. The van der Waals surface area contributed by atoms with E-state index in [0.29, 0.717) is 31.1 Å². The van der Waals surface area contributed by atoms with Crippen molar-refractivity contribution in [3.63, 3.8) is 0 Å². The van der Waals surface area contributed by atoms with Crippen molar-refractivity contribution >= 4 is 11.6 Å². The Balaban J connectivity index is 1.42. The highest BCUT2D eigenvalue weighted by Gasteiger charge is 2.22. The molecule has 0 spiro atoms. The van der Waals surface area contributed by atoms with E-state index in [2.05, 4.69) is 24.3 Å². The van der Waals surface area contributed by atoms with Gasteiger partial charge in [0.25, 0.3) is 11.6 Å². The van der Waals surface area contributed by atoms with Crippen LogP contribution in [-0.4, -0.2) is 29.4 Å². The topological polar surface area (TPSA) is 81.9 Å². The van der Waals surface area contributed by atoms with Crippen molar-refractivity contribution in [2.24, 2.45) is 0 Å². The fraction of sp³-hybridized carbons (Fsp3) is 0.162. The van der Waals surface area contributed by atoms with E-state index in [1.54, 1.807) is 24.1 Å². The summed E-state index contributed by atoms with van der Waals surface area (Å²) in [5, 5.41) is 11.5. The summed E-state index contributed by atoms with van der Waals surface area (Å²) >= 11 is 0. The van der Waals surface area contributed by atoms with Crippen molar-refractivity contribution in [1.29, 1.82) is 0 Å². The lowest BCUT2D eigenvalue weighted by atomic mass is 9.88. The van der Waals surface area contributed by atoms with E-state index in [9.17, 15) is 14.9 Å². The van der Waals surface area contributed by atoms with Crippen molar-refractivity contribution in [2.75, 3.05) is 13.7 Å². The zero-order valence-corrected chi connectivity index (χ0v) is 24.5. The largest absolute Gasteiger partial charge is 0.493 e. The molecular formula is C37H34N2O5. The summed E-state index contributed by atoms with van der Waals surface area (Å²) in [5.74, 6) is 0.940. The van der Waals surface area contributed by atoms with Crippen LogP contribution >= 0.6 is 0 Å². The molecule has 5 rings (SSSR count). The lowest BCUT2D eigenvalue weighted by molar-refractivity contribution is -0.384. The number of benzene rings is 5. The summed E-state index contributed by atoms with van der Waals surface area (Å²) in [6, 6.07) is 41.9. The van der Waals surface area contributed by atoms with E-state index in [4.69, 9.17) is 9.47 Å². The van der Waals surface area contributed by atoms with E-state index >= 15 is 0 Å². The molecule has 44 heavy (non-hydrogen) atoms. The van der Waals surface area contributed by atoms with Crippen LogP contribution in [0.2, 0.25) is 0 Å². The van der Waals surface area contributed by atoms with Crippen LogP contribution in [0, 0.1) is 10.1 Å². The molecule has 0 unspecified atom stereocenters. The van der Waals surface area contributed by atoms with Gasteiger partial charge in [-0.15, -0.1) is 0 Å². The number of hydrogen-bond acceptors (Lipinski definition) is 5. The van der Waals surface area contributed by atoms with Gasteiger partial charge in [-0.05, 0) is 46.9 Å². The molecule has 0 aliphatic carbocycles. The summed E-state index contributed by atoms with van der Waals surface area (Å²) in [7, 11) is 1.59. The third-order valence-electron chi connectivity index (χ3n) is 7.52. The Morgan fingerprint density at radius 3 is 2.00 bits per heavy atom. The van der Waals surface area contributed by atoms with Crippen LogP contribution in [0.5, 0.6) is 11.5 Å². The van der Waals surface area contributed by atoms with E-state index in [1.807, 2.05) is 84.9 Å². The molecular weight excluding hydrogens is 552 g/mol. The molecule has 7 nitrogen and oxygen atoms in total. The van der Waals surface area contributed by atoms with Gasteiger partial charge in [0.15, 0.2) is 11.5 Å². The fourth-order valence-electron chi connectivity index (χ4n) is 5.25. The van der Waals surface area contributed by atoms with Gasteiger partial charge in [-0.1, -0.05) is 103 Å². The maximum atomic E-state index is 13.9. The minimum absolute atomic E-state index is 0.0566. The SMILES string of the molecule is COc1cc(CN(CCC(c2ccccc2)c2ccccc2)C(=O)c2cccc([N+](=O)[O-])c2)ccc1OCc1ccccc1. The number of ether oxygens (including phenoxy) is 2. The minimum atomic E-state index is -0.485. The first-order valence-electron chi connectivity index (χ1n) is 14.5. The smallest absolute Gasteiger partial charge is 0.270 e. The summed E-state index contributed by atoms with van der Waals surface area (Å²) in [6.45, 7) is 1.10. The normalized spacial score (nSPS) is 10.8. The molecule has 0 N–H and O–H groups in total. The van der Waals surface area contributed by atoms with Gasteiger partial charge in [-0.25, -0.2) is 0 Å². The number of carbonyl (C=O) groups excluding carboxylic acids is 1. The van der Waals surface area contributed by atoms with Crippen LogP contribution < -0.4 is 9.47 Å². The molecule has 0 fully saturated rings. The average Bonchev–Trinajstić information content (AvgIpc) is 3.08. The number of amides is 1.